The number of rotatable bonds is 4. The van der Waals surface area contributed by atoms with Crippen molar-refractivity contribution >= 4 is 36.4 Å². The number of halogens is 8. The standard InChI is InChI=1S/C18H16ClF5N2O.2ClH/c19-13-5-6-14(20)15(16(13)21)17(26-9-7-25-8-10-26)11-1-3-12(4-2-11)27-18(22,23)24;;/h1-6,17,25H,7-10H2;2*1H/t17-;;/m1../s1. The van der Waals surface area contributed by atoms with E-state index in [9.17, 15) is 22.0 Å². The summed E-state index contributed by atoms with van der Waals surface area (Å²) in [5.41, 5.74) is 0.209. The summed E-state index contributed by atoms with van der Waals surface area (Å²) in [7, 11) is 0. The maximum Gasteiger partial charge on any atom is 0.573 e. The fourth-order valence-corrected chi connectivity index (χ4v) is 3.31. The predicted molar refractivity (Wildman–Crippen MR) is 105 cm³/mol. The minimum atomic E-state index is -4.81. The van der Waals surface area contributed by atoms with Crippen molar-refractivity contribution in [2.24, 2.45) is 0 Å². The van der Waals surface area contributed by atoms with E-state index in [1.165, 1.54) is 12.1 Å². The fraction of sp³-hybridized carbons (Fsp3) is 0.333. The Hall–Kier alpha value is -1.32. The number of hydrogen-bond acceptors (Lipinski definition) is 3. The average molecular weight is 480 g/mol. The predicted octanol–water partition coefficient (Wildman–Crippen LogP) is 5.36. The highest BCUT2D eigenvalue weighted by Crippen LogP contribution is 2.36. The van der Waals surface area contributed by atoms with E-state index in [4.69, 9.17) is 11.6 Å². The summed E-state index contributed by atoms with van der Waals surface area (Å²) in [6.07, 6.45) is -4.81. The maximum atomic E-state index is 14.7. The highest BCUT2D eigenvalue weighted by atomic mass is 35.5. The molecule has 3 rings (SSSR count). The number of hydrogen-bond donors (Lipinski definition) is 1. The molecular weight excluding hydrogens is 462 g/mol. The molecule has 0 bridgehead atoms. The quantitative estimate of drug-likeness (QED) is 0.472. The second-order valence-corrected chi connectivity index (χ2v) is 6.47. The minimum Gasteiger partial charge on any atom is -0.406 e. The highest BCUT2D eigenvalue weighted by molar-refractivity contribution is 6.30. The molecule has 1 fully saturated rings. The first-order chi connectivity index (χ1) is 12.8. The van der Waals surface area contributed by atoms with E-state index in [1.807, 2.05) is 4.90 Å². The van der Waals surface area contributed by atoms with E-state index in [0.717, 1.165) is 24.3 Å². The van der Waals surface area contributed by atoms with E-state index in [-0.39, 0.29) is 35.4 Å². The molecule has 1 aliphatic heterocycles. The van der Waals surface area contributed by atoms with E-state index >= 15 is 0 Å². The Balaban J connectivity index is 0.00000210. The Kier molecular flexibility index (Phi) is 9.43. The summed E-state index contributed by atoms with van der Waals surface area (Å²) in [4.78, 5) is 1.86. The van der Waals surface area contributed by atoms with Crippen molar-refractivity contribution in [3.8, 4) is 5.75 Å². The lowest BCUT2D eigenvalue weighted by Crippen LogP contribution is -2.45. The zero-order valence-electron chi connectivity index (χ0n) is 14.8. The summed E-state index contributed by atoms with van der Waals surface area (Å²) in [5, 5.41) is 2.93. The zero-order valence-corrected chi connectivity index (χ0v) is 17.2. The summed E-state index contributed by atoms with van der Waals surface area (Å²) in [6, 6.07) is 6.37. The van der Waals surface area contributed by atoms with Crippen LogP contribution in [0.5, 0.6) is 5.75 Å². The van der Waals surface area contributed by atoms with Crippen LogP contribution in [0.25, 0.3) is 0 Å². The van der Waals surface area contributed by atoms with Gasteiger partial charge < -0.3 is 10.1 Å². The molecule has 0 aromatic heterocycles. The smallest absolute Gasteiger partial charge is 0.406 e. The summed E-state index contributed by atoms with van der Waals surface area (Å²) >= 11 is 5.84. The molecule has 0 spiro atoms. The van der Waals surface area contributed by atoms with E-state index in [1.54, 1.807) is 0 Å². The van der Waals surface area contributed by atoms with Crippen molar-refractivity contribution in [2.45, 2.75) is 12.4 Å². The molecule has 11 heteroatoms. The Morgan fingerprint density at radius 1 is 0.966 bits per heavy atom. The number of benzene rings is 2. The number of nitrogens with zero attached hydrogens (tertiary/aromatic N) is 1. The van der Waals surface area contributed by atoms with Crippen molar-refractivity contribution in [1.82, 2.24) is 10.2 Å². The van der Waals surface area contributed by atoms with Crippen molar-refractivity contribution in [3.63, 3.8) is 0 Å². The van der Waals surface area contributed by atoms with Crippen LogP contribution < -0.4 is 10.1 Å². The molecule has 162 valence electrons. The van der Waals surface area contributed by atoms with Gasteiger partial charge in [-0.05, 0) is 29.8 Å². The number of nitrogens with one attached hydrogen (secondary N) is 1. The Bertz CT molecular complexity index is 799. The lowest BCUT2D eigenvalue weighted by Gasteiger charge is -2.36. The molecule has 1 heterocycles. The van der Waals surface area contributed by atoms with Gasteiger partial charge in [-0.15, -0.1) is 38.0 Å². The van der Waals surface area contributed by atoms with Gasteiger partial charge in [0.05, 0.1) is 11.1 Å². The molecule has 0 aliphatic carbocycles. The second kappa shape index (κ2) is 10.6. The highest BCUT2D eigenvalue weighted by Gasteiger charge is 2.32. The first-order valence-corrected chi connectivity index (χ1v) is 8.58. The summed E-state index contributed by atoms with van der Waals surface area (Å²) < 4.78 is 70.1. The molecular formula is C18H18Cl3F5N2O. The number of ether oxygens (including phenoxy) is 1. The van der Waals surface area contributed by atoms with Gasteiger partial charge in [0, 0.05) is 31.7 Å². The zero-order chi connectivity index (χ0) is 19.6. The monoisotopic (exact) mass is 478 g/mol. The maximum absolute atomic E-state index is 14.7. The van der Waals surface area contributed by atoms with E-state index in [0.29, 0.717) is 31.7 Å². The third-order valence-corrected chi connectivity index (χ3v) is 4.59. The normalized spacial score (nSPS) is 15.8. The van der Waals surface area contributed by atoms with Crippen LogP contribution in [0.15, 0.2) is 36.4 Å². The van der Waals surface area contributed by atoms with Crippen LogP contribution in [0.4, 0.5) is 22.0 Å². The van der Waals surface area contributed by atoms with Crippen LogP contribution in [0.3, 0.4) is 0 Å². The lowest BCUT2D eigenvalue weighted by molar-refractivity contribution is -0.274. The van der Waals surface area contributed by atoms with Crippen LogP contribution in [0, 0.1) is 11.6 Å². The second-order valence-electron chi connectivity index (χ2n) is 6.06. The van der Waals surface area contributed by atoms with Crippen LogP contribution in [0.1, 0.15) is 17.2 Å². The Morgan fingerprint density at radius 3 is 2.10 bits per heavy atom. The molecule has 0 unspecified atom stereocenters. The van der Waals surface area contributed by atoms with Gasteiger partial charge in [0.15, 0.2) is 0 Å². The van der Waals surface area contributed by atoms with Gasteiger partial charge >= 0.3 is 6.36 Å². The van der Waals surface area contributed by atoms with Crippen molar-refractivity contribution < 1.29 is 26.7 Å². The number of alkyl halides is 3. The van der Waals surface area contributed by atoms with Crippen molar-refractivity contribution in [2.75, 3.05) is 26.2 Å². The summed E-state index contributed by atoms with van der Waals surface area (Å²) in [5.74, 6) is -2.05. The van der Waals surface area contributed by atoms with Gasteiger partial charge in [-0.2, -0.15) is 0 Å². The number of piperazine rings is 1. The van der Waals surface area contributed by atoms with Crippen molar-refractivity contribution in [3.05, 3.63) is 64.2 Å². The van der Waals surface area contributed by atoms with Crippen molar-refractivity contribution in [1.29, 1.82) is 0 Å². The molecule has 1 aliphatic rings. The van der Waals surface area contributed by atoms with Gasteiger partial charge in [0.1, 0.15) is 17.4 Å². The van der Waals surface area contributed by atoms with E-state index in [2.05, 4.69) is 10.1 Å². The van der Waals surface area contributed by atoms with Gasteiger partial charge in [-0.25, -0.2) is 8.78 Å². The average Bonchev–Trinajstić information content (AvgIpc) is 2.62. The van der Waals surface area contributed by atoms with Gasteiger partial charge in [0.2, 0.25) is 0 Å². The Morgan fingerprint density at radius 2 is 1.55 bits per heavy atom. The molecule has 2 aromatic carbocycles. The molecule has 0 saturated carbocycles. The van der Waals surface area contributed by atoms with Crippen LogP contribution >= 0.6 is 36.4 Å². The van der Waals surface area contributed by atoms with Crippen LogP contribution in [-0.4, -0.2) is 37.4 Å². The van der Waals surface area contributed by atoms with Gasteiger partial charge in [-0.3, -0.25) is 4.90 Å². The fourth-order valence-electron chi connectivity index (χ4n) is 3.15. The SMILES string of the molecule is Cl.Cl.Fc1ccc(Cl)c(F)c1[C@@H](c1ccc(OC(F)(F)F)cc1)N1CCNCC1. The van der Waals surface area contributed by atoms with Crippen LogP contribution in [0.2, 0.25) is 5.02 Å². The minimum absolute atomic E-state index is 0. The lowest BCUT2D eigenvalue weighted by atomic mass is 9.95. The largest absolute Gasteiger partial charge is 0.573 e. The molecule has 1 N–H and O–H groups in total. The van der Waals surface area contributed by atoms with Gasteiger partial charge in [0.25, 0.3) is 0 Å². The molecule has 2 aromatic rings. The van der Waals surface area contributed by atoms with E-state index < -0.39 is 29.8 Å². The molecule has 3 nitrogen and oxygen atoms in total. The molecule has 0 amide bonds. The topological polar surface area (TPSA) is 24.5 Å². The molecule has 1 saturated heterocycles. The molecule has 1 atom stereocenters. The molecule has 29 heavy (non-hydrogen) atoms. The third-order valence-electron chi connectivity index (χ3n) is 4.30. The summed E-state index contributed by atoms with van der Waals surface area (Å²) in [6.45, 7) is 2.26. The first-order valence-electron chi connectivity index (χ1n) is 8.20. The van der Waals surface area contributed by atoms with Crippen LogP contribution in [-0.2, 0) is 0 Å². The molecule has 0 radical (unpaired) electrons. The third kappa shape index (κ3) is 6.33. The Labute approximate surface area is 182 Å². The first kappa shape index (κ1) is 25.7. The van der Waals surface area contributed by atoms with Gasteiger partial charge in [-0.1, -0.05) is 23.7 Å².